The van der Waals surface area contributed by atoms with Crippen molar-refractivity contribution in [2.24, 2.45) is 5.92 Å². The van der Waals surface area contributed by atoms with Crippen LogP contribution in [0.2, 0.25) is 0 Å². The second-order valence-corrected chi connectivity index (χ2v) is 5.75. The molecule has 1 aromatic rings. The Hall–Kier alpha value is -1.61. The average Bonchev–Trinajstić information content (AvgIpc) is 2.96. The van der Waals surface area contributed by atoms with E-state index in [9.17, 15) is 18.0 Å². The third-order valence-corrected chi connectivity index (χ3v) is 3.61. The zero-order valence-electron chi connectivity index (χ0n) is 12.9. The first kappa shape index (κ1) is 17.7. The number of halogens is 3. The number of hydrogen-bond donors (Lipinski definition) is 1. The molecule has 1 fully saturated rings. The van der Waals surface area contributed by atoms with Gasteiger partial charge in [0.05, 0.1) is 19.8 Å². The maximum absolute atomic E-state index is 12.6. The molecule has 1 N–H and O–H groups in total. The van der Waals surface area contributed by atoms with Crippen molar-refractivity contribution in [1.29, 1.82) is 0 Å². The van der Waals surface area contributed by atoms with Crippen LogP contribution in [0.1, 0.15) is 6.92 Å². The number of nitrogens with one attached hydrogen (secondary N) is 1. The number of alkyl halides is 3. The van der Waals surface area contributed by atoms with Gasteiger partial charge in [0.15, 0.2) is 0 Å². The molecule has 130 valence electrons. The lowest BCUT2D eigenvalue weighted by atomic mass is 10.1. The van der Waals surface area contributed by atoms with Crippen molar-refractivity contribution in [3.05, 3.63) is 18.5 Å². The molecule has 23 heavy (non-hydrogen) atoms. The summed E-state index contributed by atoms with van der Waals surface area (Å²) in [6.45, 7) is 2.12. The highest BCUT2D eigenvalue weighted by molar-refractivity contribution is 5.82. The predicted molar refractivity (Wildman–Crippen MR) is 76.6 cm³/mol. The van der Waals surface area contributed by atoms with Crippen LogP contribution in [0.4, 0.5) is 13.2 Å². The first-order valence-corrected chi connectivity index (χ1v) is 7.49. The van der Waals surface area contributed by atoms with E-state index < -0.39 is 24.7 Å². The summed E-state index contributed by atoms with van der Waals surface area (Å²) in [7, 11) is 0. The van der Waals surface area contributed by atoms with Gasteiger partial charge in [0.2, 0.25) is 5.91 Å². The summed E-state index contributed by atoms with van der Waals surface area (Å²) in [4.78, 5) is 13.3. The fourth-order valence-electron chi connectivity index (χ4n) is 2.48. The molecule has 1 aromatic heterocycles. The number of nitrogens with zero attached hydrogens (tertiary/aromatic N) is 3. The van der Waals surface area contributed by atoms with Gasteiger partial charge in [0, 0.05) is 32.0 Å². The lowest BCUT2D eigenvalue weighted by Crippen LogP contribution is -2.56. The topological polar surface area (TPSA) is 59.4 Å². The normalized spacial score (nSPS) is 21.1. The van der Waals surface area contributed by atoms with Gasteiger partial charge in [-0.15, -0.1) is 0 Å². The molecule has 2 heterocycles. The number of morpholine rings is 1. The molecule has 1 aliphatic heterocycles. The lowest BCUT2D eigenvalue weighted by molar-refractivity contribution is -0.166. The smallest absolute Gasteiger partial charge is 0.378 e. The number of rotatable bonds is 6. The Kier molecular flexibility index (Phi) is 6.00. The fourth-order valence-corrected chi connectivity index (χ4v) is 2.48. The van der Waals surface area contributed by atoms with Gasteiger partial charge in [0.1, 0.15) is 6.04 Å². The molecule has 0 aromatic carbocycles. The summed E-state index contributed by atoms with van der Waals surface area (Å²) in [6, 6.07) is 0.905. The molecule has 1 amide bonds. The van der Waals surface area contributed by atoms with E-state index in [0.717, 1.165) is 4.90 Å². The molecule has 0 unspecified atom stereocenters. The van der Waals surface area contributed by atoms with Gasteiger partial charge >= 0.3 is 6.18 Å². The zero-order chi connectivity index (χ0) is 16.9. The summed E-state index contributed by atoms with van der Waals surface area (Å²) in [5.41, 5.74) is 0. The van der Waals surface area contributed by atoms with E-state index in [2.05, 4.69) is 10.4 Å². The van der Waals surface area contributed by atoms with Crippen LogP contribution in [0.5, 0.6) is 0 Å². The molecule has 9 heteroatoms. The number of hydrogen-bond acceptors (Lipinski definition) is 4. The van der Waals surface area contributed by atoms with Crippen molar-refractivity contribution in [3.63, 3.8) is 0 Å². The minimum atomic E-state index is -4.33. The Balaban J connectivity index is 1.82. The van der Waals surface area contributed by atoms with E-state index in [0.29, 0.717) is 13.1 Å². The van der Waals surface area contributed by atoms with E-state index in [1.54, 1.807) is 16.9 Å². The molecule has 0 saturated carbocycles. The van der Waals surface area contributed by atoms with Crippen molar-refractivity contribution in [2.75, 3.05) is 32.8 Å². The van der Waals surface area contributed by atoms with E-state index in [1.807, 2.05) is 13.1 Å². The van der Waals surface area contributed by atoms with Crippen LogP contribution in [-0.2, 0) is 16.1 Å². The maximum atomic E-state index is 12.6. The van der Waals surface area contributed by atoms with E-state index >= 15 is 0 Å². The van der Waals surface area contributed by atoms with Gasteiger partial charge in [-0.05, 0) is 12.0 Å². The largest absolute Gasteiger partial charge is 0.401 e. The standard InChI is InChI=1S/C14H21F3N4O2/c1-11(8-21-4-2-3-19-21)7-18-13(22)12-9-23-6-5-20(12)10-14(15,16)17/h2-4,11-12H,5-10H2,1H3,(H,18,22)/t11-,12+/m1/s1. The van der Waals surface area contributed by atoms with Crippen LogP contribution in [0.25, 0.3) is 0 Å². The SMILES string of the molecule is C[C@H](CNC(=O)[C@@H]1COCCN1CC(F)(F)F)Cn1cccn1. The van der Waals surface area contributed by atoms with Gasteiger partial charge in [-0.25, -0.2) is 0 Å². The van der Waals surface area contributed by atoms with Crippen molar-refractivity contribution in [2.45, 2.75) is 25.7 Å². The Labute approximate surface area is 132 Å². The van der Waals surface area contributed by atoms with Crippen molar-refractivity contribution < 1.29 is 22.7 Å². The quantitative estimate of drug-likeness (QED) is 0.840. The van der Waals surface area contributed by atoms with Gasteiger partial charge in [-0.1, -0.05) is 6.92 Å². The molecule has 6 nitrogen and oxygen atoms in total. The van der Waals surface area contributed by atoms with Gasteiger partial charge in [-0.2, -0.15) is 18.3 Å². The molecular formula is C14H21F3N4O2. The third kappa shape index (κ3) is 5.83. The molecule has 2 atom stereocenters. The number of amides is 1. The van der Waals surface area contributed by atoms with Crippen LogP contribution in [-0.4, -0.2) is 65.7 Å². The summed E-state index contributed by atoms with van der Waals surface area (Å²) in [5, 5.41) is 6.79. The van der Waals surface area contributed by atoms with E-state index in [1.165, 1.54) is 0 Å². The summed E-state index contributed by atoms with van der Waals surface area (Å²) >= 11 is 0. The molecule has 0 radical (unpaired) electrons. The Morgan fingerprint density at radius 1 is 1.52 bits per heavy atom. The summed E-state index contributed by atoms with van der Waals surface area (Å²) in [6.07, 6.45) is -0.846. The second kappa shape index (κ2) is 7.78. The summed E-state index contributed by atoms with van der Waals surface area (Å²) < 4.78 is 44.6. The van der Waals surface area contributed by atoms with Gasteiger partial charge in [0.25, 0.3) is 0 Å². The molecule has 0 aliphatic carbocycles. The fraction of sp³-hybridized carbons (Fsp3) is 0.714. The molecule has 2 rings (SSSR count). The number of aromatic nitrogens is 2. The molecular weight excluding hydrogens is 313 g/mol. The highest BCUT2D eigenvalue weighted by atomic mass is 19.4. The molecule has 0 spiro atoms. The van der Waals surface area contributed by atoms with Crippen LogP contribution < -0.4 is 5.32 Å². The van der Waals surface area contributed by atoms with Crippen LogP contribution in [0.15, 0.2) is 18.5 Å². The molecule has 1 saturated heterocycles. The van der Waals surface area contributed by atoms with E-state index in [-0.39, 0.29) is 25.7 Å². The zero-order valence-corrected chi connectivity index (χ0v) is 12.9. The first-order chi connectivity index (χ1) is 10.8. The molecule has 0 bridgehead atoms. The van der Waals surface area contributed by atoms with Gasteiger partial charge < -0.3 is 10.1 Å². The Bertz CT molecular complexity index is 493. The highest BCUT2D eigenvalue weighted by Crippen LogP contribution is 2.19. The Morgan fingerprint density at radius 2 is 2.30 bits per heavy atom. The first-order valence-electron chi connectivity index (χ1n) is 7.49. The van der Waals surface area contributed by atoms with Crippen molar-refractivity contribution >= 4 is 5.91 Å². The van der Waals surface area contributed by atoms with Crippen LogP contribution >= 0.6 is 0 Å². The van der Waals surface area contributed by atoms with Crippen molar-refractivity contribution in [1.82, 2.24) is 20.0 Å². The highest BCUT2D eigenvalue weighted by Gasteiger charge is 2.38. The number of ether oxygens (including phenoxy) is 1. The predicted octanol–water partition coefficient (Wildman–Crippen LogP) is 0.898. The number of carbonyl (C=O) groups excluding carboxylic acids is 1. The monoisotopic (exact) mass is 334 g/mol. The third-order valence-electron chi connectivity index (χ3n) is 3.61. The minimum Gasteiger partial charge on any atom is -0.378 e. The second-order valence-electron chi connectivity index (χ2n) is 5.75. The average molecular weight is 334 g/mol. The lowest BCUT2D eigenvalue weighted by Gasteiger charge is -2.35. The van der Waals surface area contributed by atoms with Crippen molar-refractivity contribution in [3.8, 4) is 0 Å². The number of carbonyl (C=O) groups is 1. The van der Waals surface area contributed by atoms with Crippen LogP contribution in [0.3, 0.4) is 0 Å². The summed E-state index contributed by atoms with van der Waals surface area (Å²) in [5.74, 6) is -0.319. The van der Waals surface area contributed by atoms with Gasteiger partial charge in [-0.3, -0.25) is 14.4 Å². The minimum absolute atomic E-state index is 0.0184. The van der Waals surface area contributed by atoms with E-state index in [4.69, 9.17) is 4.74 Å². The Morgan fingerprint density at radius 3 is 2.96 bits per heavy atom. The molecule has 1 aliphatic rings. The van der Waals surface area contributed by atoms with Crippen LogP contribution in [0, 0.1) is 5.92 Å². The maximum Gasteiger partial charge on any atom is 0.401 e.